The maximum atomic E-state index is 12.3. The molecule has 0 atom stereocenters. The molecule has 3 aromatic carbocycles. The molecule has 0 aliphatic heterocycles. The van der Waals surface area contributed by atoms with Crippen molar-refractivity contribution in [3.8, 4) is 11.1 Å². The van der Waals surface area contributed by atoms with Crippen molar-refractivity contribution in [2.24, 2.45) is 0 Å². The number of carbonyl (C=O) groups is 1. The van der Waals surface area contributed by atoms with Gasteiger partial charge in [-0.1, -0.05) is 83.9 Å². The number of allylic oxidation sites excluding steroid dienone is 1. The van der Waals surface area contributed by atoms with E-state index in [-0.39, 0.29) is 5.78 Å². The minimum absolute atomic E-state index is 0.0689. The Balaban J connectivity index is 1.77. The van der Waals surface area contributed by atoms with Crippen LogP contribution in [0.5, 0.6) is 0 Å². The molecular formula is C21H14Cl2O. The molecule has 3 rings (SSSR count). The fraction of sp³-hybridized carbons (Fsp3) is 0. The summed E-state index contributed by atoms with van der Waals surface area (Å²) in [6.45, 7) is 0. The van der Waals surface area contributed by atoms with Crippen LogP contribution in [-0.4, -0.2) is 5.78 Å². The second-order valence-corrected chi connectivity index (χ2v) is 6.15. The summed E-state index contributed by atoms with van der Waals surface area (Å²) in [7, 11) is 0. The van der Waals surface area contributed by atoms with E-state index in [0.717, 1.165) is 16.7 Å². The van der Waals surface area contributed by atoms with E-state index in [2.05, 4.69) is 0 Å². The molecule has 0 saturated heterocycles. The molecular weight excluding hydrogens is 339 g/mol. The van der Waals surface area contributed by atoms with E-state index in [1.807, 2.05) is 54.6 Å². The molecule has 0 saturated carbocycles. The van der Waals surface area contributed by atoms with Gasteiger partial charge in [-0.15, -0.1) is 0 Å². The maximum Gasteiger partial charge on any atom is 0.185 e. The summed E-state index contributed by atoms with van der Waals surface area (Å²) in [5.74, 6) is -0.0689. The average Bonchev–Trinajstić information content (AvgIpc) is 2.62. The Morgan fingerprint density at radius 2 is 1.46 bits per heavy atom. The van der Waals surface area contributed by atoms with Gasteiger partial charge in [0.05, 0.1) is 0 Å². The third-order valence-corrected chi connectivity index (χ3v) is 4.22. The summed E-state index contributed by atoms with van der Waals surface area (Å²) < 4.78 is 0. The van der Waals surface area contributed by atoms with Crippen molar-refractivity contribution in [2.75, 3.05) is 0 Å². The zero-order valence-electron chi connectivity index (χ0n) is 12.7. The Morgan fingerprint density at radius 1 is 0.792 bits per heavy atom. The van der Waals surface area contributed by atoms with Gasteiger partial charge >= 0.3 is 0 Å². The van der Waals surface area contributed by atoms with Crippen molar-refractivity contribution in [3.05, 3.63) is 100 Å². The molecule has 0 bridgehead atoms. The van der Waals surface area contributed by atoms with Gasteiger partial charge < -0.3 is 0 Å². The van der Waals surface area contributed by atoms with Crippen molar-refractivity contribution in [1.82, 2.24) is 0 Å². The predicted molar refractivity (Wildman–Crippen MR) is 102 cm³/mol. The van der Waals surface area contributed by atoms with Gasteiger partial charge in [0, 0.05) is 15.6 Å². The second-order valence-electron chi connectivity index (χ2n) is 5.31. The van der Waals surface area contributed by atoms with Crippen LogP contribution in [-0.2, 0) is 0 Å². The first-order chi connectivity index (χ1) is 11.6. The molecule has 0 heterocycles. The van der Waals surface area contributed by atoms with Crippen LogP contribution < -0.4 is 0 Å². The highest BCUT2D eigenvalue weighted by atomic mass is 35.5. The highest BCUT2D eigenvalue weighted by molar-refractivity contribution is 6.35. The Labute approximate surface area is 151 Å². The van der Waals surface area contributed by atoms with E-state index < -0.39 is 0 Å². The van der Waals surface area contributed by atoms with Gasteiger partial charge in [-0.2, -0.15) is 0 Å². The lowest BCUT2D eigenvalue weighted by Gasteiger charge is -2.03. The van der Waals surface area contributed by atoms with Crippen LogP contribution >= 0.6 is 23.2 Å². The van der Waals surface area contributed by atoms with Crippen LogP contribution in [0.25, 0.3) is 17.2 Å². The average molecular weight is 353 g/mol. The smallest absolute Gasteiger partial charge is 0.185 e. The molecule has 118 valence electrons. The molecule has 24 heavy (non-hydrogen) atoms. The molecule has 3 aromatic rings. The van der Waals surface area contributed by atoms with E-state index in [1.165, 1.54) is 6.08 Å². The lowest BCUT2D eigenvalue weighted by atomic mass is 10.0. The minimum atomic E-state index is -0.0689. The monoisotopic (exact) mass is 352 g/mol. The molecule has 0 amide bonds. The Kier molecular flexibility index (Phi) is 5.14. The number of rotatable bonds is 4. The summed E-state index contributed by atoms with van der Waals surface area (Å²) >= 11 is 12.0. The van der Waals surface area contributed by atoms with Crippen LogP contribution in [0.2, 0.25) is 10.0 Å². The zero-order chi connectivity index (χ0) is 16.9. The van der Waals surface area contributed by atoms with E-state index in [0.29, 0.717) is 15.6 Å². The molecule has 0 fully saturated rings. The number of benzene rings is 3. The number of hydrogen-bond donors (Lipinski definition) is 0. The molecule has 0 aliphatic carbocycles. The van der Waals surface area contributed by atoms with Crippen molar-refractivity contribution in [2.45, 2.75) is 0 Å². The molecule has 0 spiro atoms. The van der Waals surface area contributed by atoms with Crippen molar-refractivity contribution in [3.63, 3.8) is 0 Å². The zero-order valence-corrected chi connectivity index (χ0v) is 14.3. The highest BCUT2D eigenvalue weighted by Crippen LogP contribution is 2.23. The quantitative estimate of drug-likeness (QED) is 0.384. The molecule has 0 unspecified atom stereocenters. The van der Waals surface area contributed by atoms with Gasteiger partial charge in [0.2, 0.25) is 0 Å². The lowest BCUT2D eigenvalue weighted by molar-refractivity contribution is 0.104. The summed E-state index contributed by atoms with van der Waals surface area (Å²) in [6, 6.07) is 22.8. The third kappa shape index (κ3) is 3.94. The fourth-order valence-corrected chi connectivity index (χ4v) is 2.83. The second kappa shape index (κ2) is 7.48. The van der Waals surface area contributed by atoms with Gasteiger partial charge in [0.15, 0.2) is 5.78 Å². The van der Waals surface area contributed by atoms with Gasteiger partial charge in [0.25, 0.3) is 0 Å². The summed E-state index contributed by atoms with van der Waals surface area (Å²) in [4.78, 5) is 12.3. The van der Waals surface area contributed by atoms with E-state index in [1.54, 1.807) is 24.3 Å². The Morgan fingerprint density at radius 3 is 2.12 bits per heavy atom. The van der Waals surface area contributed by atoms with E-state index in [9.17, 15) is 4.79 Å². The van der Waals surface area contributed by atoms with Gasteiger partial charge in [-0.3, -0.25) is 4.79 Å². The third-order valence-electron chi connectivity index (χ3n) is 3.65. The molecule has 0 radical (unpaired) electrons. The first kappa shape index (κ1) is 16.5. The Hall–Kier alpha value is -2.35. The van der Waals surface area contributed by atoms with Gasteiger partial charge in [-0.05, 0) is 41.0 Å². The molecule has 0 aliphatic rings. The topological polar surface area (TPSA) is 17.1 Å². The van der Waals surface area contributed by atoms with E-state index >= 15 is 0 Å². The molecule has 0 N–H and O–H groups in total. The van der Waals surface area contributed by atoms with Crippen molar-refractivity contribution < 1.29 is 4.79 Å². The largest absolute Gasteiger partial charge is 0.289 e. The SMILES string of the molecule is O=C(/C=C/c1ccc(Cl)cc1Cl)c1ccc(-c2ccccc2)cc1. The minimum Gasteiger partial charge on any atom is -0.289 e. The van der Waals surface area contributed by atoms with Crippen LogP contribution in [0.4, 0.5) is 0 Å². The molecule has 1 nitrogen and oxygen atoms in total. The predicted octanol–water partition coefficient (Wildman–Crippen LogP) is 6.56. The summed E-state index contributed by atoms with van der Waals surface area (Å²) in [6.07, 6.45) is 3.22. The van der Waals surface area contributed by atoms with Crippen LogP contribution in [0.15, 0.2) is 78.9 Å². The summed E-state index contributed by atoms with van der Waals surface area (Å²) in [5, 5.41) is 1.09. The van der Waals surface area contributed by atoms with Crippen molar-refractivity contribution >= 4 is 35.1 Å². The van der Waals surface area contributed by atoms with Gasteiger partial charge in [-0.25, -0.2) is 0 Å². The van der Waals surface area contributed by atoms with E-state index in [4.69, 9.17) is 23.2 Å². The number of hydrogen-bond acceptors (Lipinski definition) is 1. The molecule has 0 aromatic heterocycles. The number of ketones is 1. The number of halogens is 2. The molecule has 3 heteroatoms. The number of carbonyl (C=O) groups excluding carboxylic acids is 1. The summed E-state index contributed by atoms with van der Waals surface area (Å²) in [5.41, 5.74) is 3.60. The van der Waals surface area contributed by atoms with Crippen molar-refractivity contribution in [1.29, 1.82) is 0 Å². The van der Waals surface area contributed by atoms with Gasteiger partial charge in [0.1, 0.15) is 0 Å². The first-order valence-electron chi connectivity index (χ1n) is 7.46. The first-order valence-corrected chi connectivity index (χ1v) is 8.22. The fourth-order valence-electron chi connectivity index (χ4n) is 2.36. The lowest BCUT2D eigenvalue weighted by Crippen LogP contribution is -1.93. The van der Waals surface area contributed by atoms with Crippen LogP contribution in [0, 0.1) is 0 Å². The van der Waals surface area contributed by atoms with Crippen LogP contribution in [0.3, 0.4) is 0 Å². The Bertz CT molecular complexity index is 881. The normalized spacial score (nSPS) is 10.9. The highest BCUT2D eigenvalue weighted by Gasteiger charge is 2.04. The maximum absolute atomic E-state index is 12.3. The standard InChI is InChI=1S/C21H14Cl2O/c22-19-12-10-17(20(23)14-19)11-13-21(24)18-8-6-16(7-9-18)15-4-2-1-3-5-15/h1-14H/b13-11+. The van der Waals surface area contributed by atoms with Crippen LogP contribution in [0.1, 0.15) is 15.9 Å².